The second-order valence-corrected chi connectivity index (χ2v) is 10.3. The van der Waals surface area contributed by atoms with Gasteiger partial charge in [0.2, 0.25) is 0 Å². The minimum atomic E-state index is -4.54. The summed E-state index contributed by atoms with van der Waals surface area (Å²) in [6, 6.07) is 23.3. The van der Waals surface area contributed by atoms with Gasteiger partial charge in [0, 0.05) is 37.6 Å². The highest BCUT2D eigenvalue weighted by Crippen LogP contribution is 2.34. The van der Waals surface area contributed by atoms with Gasteiger partial charge in [0.15, 0.2) is 5.60 Å². The first kappa shape index (κ1) is 28.3. The minimum absolute atomic E-state index is 0.142. The fraction of sp³-hybridized carbons (Fsp3) is 0.281. The largest absolute Gasteiger partial charge is 0.433 e. The van der Waals surface area contributed by atoms with Gasteiger partial charge in [-0.1, -0.05) is 54.6 Å². The average Bonchev–Trinajstić information content (AvgIpc) is 3.00. The molecule has 0 unspecified atom stereocenters. The van der Waals surface area contributed by atoms with E-state index in [0.717, 1.165) is 34.2 Å². The summed E-state index contributed by atoms with van der Waals surface area (Å²) in [5.74, 6) is -0.391. The number of ether oxygens (including phenoxy) is 1. The number of likely N-dealkylation sites (tertiary alicyclic amines) is 1. The van der Waals surface area contributed by atoms with Gasteiger partial charge in [-0.3, -0.25) is 14.6 Å². The number of halogens is 3. The fourth-order valence-corrected chi connectivity index (χ4v) is 5.34. The smallest absolute Gasteiger partial charge is 0.364 e. The summed E-state index contributed by atoms with van der Waals surface area (Å²) >= 11 is 0. The number of carbonyl (C=O) groups excluding carboxylic acids is 2. The van der Waals surface area contributed by atoms with Crippen LogP contribution < -0.4 is 5.32 Å². The van der Waals surface area contributed by atoms with Gasteiger partial charge in [0.05, 0.1) is 5.56 Å². The Hall–Kier alpha value is -4.24. The van der Waals surface area contributed by atoms with Crippen LogP contribution in [0.5, 0.6) is 0 Å². The monoisotopic (exact) mass is 561 g/mol. The Morgan fingerprint density at radius 2 is 1.61 bits per heavy atom. The Balaban J connectivity index is 1.21. The molecule has 3 aromatic carbocycles. The number of rotatable bonds is 6. The topological polar surface area (TPSA) is 71.5 Å². The zero-order valence-electron chi connectivity index (χ0n) is 22.7. The maximum Gasteiger partial charge on any atom is 0.433 e. The van der Waals surface area contributed by atoms with Crippen LogP contribution >= 0.6 is 0 Å². The quantitative estimate of drug-likeness (QED) is 0.282. The van der Waals surface area contributed by atoms with Crippen LogP contribution in [0.25, 0.3) is 10.8 Å². The van der Waals surface area contributed by atoms with Crippen LogP contribution in [0.4, 0.5) is 18.9 Å². The summed E-state index contributed by atoms with van der Waals surface area (Å²) < 4.78 is 44.1. The minimum Gasteiger partial charge on any atom is -0.364 e. The number of fused-ring (bicyclic) bond motifs is 1. The van der Waals surface area contributed by atoms with Gasteiger partial charge in [0.25, 0.3) is 11.8 Å². The van der Waals surface area contributed by atoms with Gasteiger partial charge in [-0.25, -0.2) is 0 Å². The molecule has 1 aromatic heterocycles. The molecule has 0 aliphatic carbocycles. The Morgan fingerprint density at radius 3 is 2.24 bits per heavy atom. The lowest BCUT2D eigenvalue weighted by atomic mass is 9.88. The van der Waals surface area contributed by atoms with Crippen molar-refractivity contribution in [1.29, 1.82) is 0 Å². The lowest BCUT2D eigenvalue weighted by Gasteiger charge is -2.32. The van der Waals surface area contributed by atoms with Gasteiger partial charge in [0.1, 0.15) is 5.69 Å². The first-order valence-corrected chi connectivity index (χ1v) is 13.4. The third kappa shape index (κ3) is 5.81. The molecule has 6 nitrogen and oxygen atoms in total. The number of benzene rings is 3. The van der Waals surface area contributed by atoms with E-state index in [4.69, 9.17) is 4.74 Å². The van der Waals surface area contributed by atoms with E-state index < -0.39 is 17.5 Å². The van der Waals surface area contributed by atoms with Crippen LogP contribution in [-0.2, 0) is 21.3 Å². The molecule has 1 atom stereocenters. The number of amides is 2. The molecule has 1 aliphatic rings. The van der Waals surface area contributed by atoms with Crippen molar-refractivity contribution in [1.82, 2.24) is 9.88 Å². The van der Waals surface area contributed by atoms with Crippen LogP contribution in [0.1, 0.15) is 52.9 Å². The van der Waals surface area contributed by atoms with E-state index in [0.29, 0.717) is 31.6 Å². The van der Waals surface area contributed by atoms with E-state index in [-0.39, 0.29) is 23.3 Å². The summed E-state index contributed by atoms with van der Waals surface area (Å²) in [5.41, 5.74) is 0.428. The van der Waals surface area contributed by atoms with Crippen molar-refractivity contribution in [3.63, 3.8) is 0 Å². The molecule has 0 radical (unpaired) electrons. The van der Waals surface area contributed by atoms with Gasteiger partial charge < -0.3 is 15.0 Å². The maximum atomic E-state index is 13.4. The molecule has 212 valence electrons. The molecule has 0 bridgehead atoms. The molecule has 0 saturated carbocycles. The number of pyridine rings is 1. The predicted octanol–water partition coefficient (Wildman–Crippen LogP) is 6.77. The number of anilines is 1. The van der Waals surface area contributed by atoms with Crippen LogP contribution in [0, 0.1) is 0 Å². The van der Waals surface area contributed by atoms with E-state index >= 15 is 0 Å². The Bertz CT molecular complexity index is 1540. The van der Waals surface area contributed by atoms with Gasteiger partial charge in [-0.15, -0.1) is 0 Å². The first-order valence-electron chi connectivity index (χ1n) is 13.4. The van der Waals surface area contributed by atoms with Crippen molar-refractivity contribution in [2.45, 2.75) is 37.5 Å². The van der Waals surface area contributed by atoms with E-state index in [9.17, 15) is 22.8 Å². The molecule has 9 heteroatoms. The van der Waals surface area contributed by atoms with Crippen molar-refractivity contribution in [3.8, 4) is 0 Å². The number of hydrogen-bond donors (Lipinski definition) is 1. The van der Waals surface area contributed by atoms with E-state index in [2.05, 4.69) is 10.3 Å². The lowest BCUT2D eigenvalue weighted by Crippen LogP contribution is -2.39. The van der Waals surface area contributed by atoms with Crippen LogP contribution in [-0.4, -0.2) is 41.9 Å². The second-order valence-electron chi connectivity index (χ2n) is 10.3. The third-order valence-electron chi connectivity index (χ3n) is 7.87. The molecule has 1 fully saturated rings. The number of piperidine rings is 1. The molecule has 5 rings (SSSR count). The van der Waals surface area contributed by atoms with Crippen molar-refractivity contribution < 1.29 is 27.5 Å². The van der Waals surface area contributed by atoms with Crippen LogP contribution in [0.2, 0.25) is 0 Å². The molecule has 1 aliphatic heterocycles. The van der Waals surface area contributed by atoms with Gasteiger partial charge in [-0.2, -0.15) is 13.2 Å². The lowest BCUT2D eigenvalue weighted by molar-refractivity contribution is -0.141. The third-order valence-corrected chi connectivity index (χ3v) is 7.87. The van der Waals surface area contributed by atoms with E-state index in [1.54, 1.807) is 11.8 Å². The zero-order chi connectivity index (χ0) is 29.2. The summed E-state index contributed by atoms with van der Waals surface area (Å²) in [5, 5.41) is 4.96. The number of nitrogens with one attached hydrogen (secondary N) is 1. The number of alkyl halides is 3. The summed E-state index contributed by atoms with van der Waals surface area (Å²) in [7, 11) is 1.52. The number of carbonyl (C=O) groups is 2. The standard InChI is InChI=1S/C32H30F3N3O3/c1-31(41-2,27-9-5-7-23-6-3-4-8-26(23)27)30(40)37-25-13-10-21(11-14-25)22-16-18-38(19-17-22)29(39)24-12-15-28(36-20-24)32(33,34)35/h3-15,20,22H,16-19H2,1-2H3,(H,37,40)/t31-/m0/s1. The molecule has 2 heterocycles. The van der Waals surface area contributed by atoms with Gasteiger partial charge >= 0.3 is 6.18 Å². The highest BCUT2D eigenvalue weighted by Gasteiger charge is 2.37. The number of hydrogen-bond acceptors (Lipinski definition) is 4. The zero-order valence-corrected chi connectivity index (χ0v) is 22.7. The van der Waals surface area contributed by atoms with Crippen molar-refractivity contribution >= 4 is 28.3 Å². The Labute approximate surface area is 236 Å². The highest BCUT2D eigenvalue weighted by atomic mass is 19.4. The molecule has 2 amide bonds. The van der Waals surface area contributed by atoms with Crippen molar-refractivity contribution in [3.05, 3.63) is 107 Å². The van der Waals surface area contributed by atoms with E-state index in [1.165, 1.54) is 13.2 Å². The Kier molecular flexibility index (Phi) is 7.82. The molecule has 0 spiro atoms. The van der Waals surface area contributed by atoms with Crippen LogP contribution in [0.3, 0.4) is 0 Å². The van der Waals surface area contributed by atoms with Crippen molar-refractivity contribution in [2.24, 2.45) is 0 Å². The SMILES string of the molecule is CO[C@](C)(C(=O)Nc1ccc(C2CCN(C(=O)c3ccc(C(F)(F)F)nc3)CC2)cc1)c1cccc2ccccc12. The molecular formula is C32H30F3N3O3. The fourth-order valence-electron chi connectivity index (χ4n) is 5.34. The van der Waals surface area contributed by atoms with Crippen LogP contribution in [0.15, 0.2) is 85.1 Å². The highest BCUT2D eigenvalue weighted by molar-refractivity contribution is 6.01. The predicted molar refractivity (Wildman–Crippen MR) is 150 cm³/mol. The average molecular weight is 562 g/mol. The number of aromatic nitrogens is 1. The number of nitrogens with zero attached hydrogens (tertiary/aromatic N) is 2. The normalized spacial score (nSPS) is 15.9. The summed E-state index contributed by atoms with van der Waals surface area (Å²) in [4.78, 5) is 31.3. The molecule has 4 aromatic rings. The van der Waals surface area contributed by atoms with Crippen molar-refractivity contribution in [2.75, 3.05) is 25.5 Å². The summed E-state index contributed by atoms with van der Waals surface area (Å²) in [6.45, 7) is 2.73. The first-order chi connectivity index (χ1) is 19.6. The van der Waals surface area contributed by atoms with E-state index in [1.807, 2.05) is 66.7 Å². The number of methoxy groups -OCH3 is 1. The molecule has 1 saturated heterocycles. The molecule has 1 N–H and O–H groups in total. The molecule has 41 heavy (non-hydrogen) atoms. The van der Waals surface area contributed by atoms with Gasteiger partial charge in [-0.05, 0) is 66.3 Å². The Morgan fingerprint density at radius 1 is 0.927 bits per heavy atom. The maximum absolute atomic E-state index is 13.4. The molecular weight excluding hydrogens is 531 g/mol. The second kappa shape index (κ2) is 11.3. The summed E-state index contributed by atoms with van der Waals surface area (Å²) in [6.07, 6.45) is -2.12.